The second-order valence-electron chi connectivity index (χ2n) is 10.4. The first-order valence-corrected chi connectivity index (χ1v) is 14.3. The van der Waals surface area contributed by atoms with E-state index in [4.69, 9.17) is 14.2 Å². The van der Waals surface area contributed by atoms with Gasteiger partial charge in [0.1, 0.15) is 6.04 Å². The van der Waals surface area contributed by atoms with Gasteiger partial charge in [-0.3, -0.25) is 9.59 Å². The topological polar surface area (TPSA) is 143 Å². The van der Waals surface area contributed by atoms with Crippen molar-refractivity contribution in [3.63, 3.8) is 0 Å². The number of benzene rings is 3. The highest BCUT2D eigenvalue weighted by Crippen LogP contribution is 2.30. The number of amides is 3. The number of para-hydroxylation sites is 1. The Kier molecular flexibility index (Phi) is 11.3. The Labute approximate surface area is 256 Å². The van der Waals surface area contributed by atoms with E-state index >= 15 is 0 Å². The molecule has 3 amide bonds. The van der Waals surface area contributed by atoms with Crippen molar-refractivity contribution in [2.75, 3.05) is 32.6 Å². The summed E-state index contributed by atoms with van der Waals surface area (Å²) in [7, 11) is 2.52. The summed E-state index contributed by atoms with van der Waals surface area (Å²) in [6, 6.07) is 25.2. The highest BCUT2D eigenvalue weighted by molar-refractivity contribution is 5.98. The summed E-state index contributed by atoms with van der Waals surface area (Å²) < 4.78 is 15.7. The molecule has 1 saturated heterocycles. The molecule has 0 aromatic heterocycles. The number of carbonyl (C=O) groups is 4. The Bertz CT molecular complexity index is 1380. The van der Waals surface area contributed by atoms with E-state index in [1.807, 2.05) is 72.8 Å². The average molecular weight is 604 g/mol. The van der Waals surface area contributed by atoms with Crippen LogP contribution in [-0.2, 0) is 30.2 Å². The maximum absolute atomic E-state index is 14.0. The van der Waals surface area contributed by atoms with Gasteiger partial charge in [-0.1, -0.05) is 78.9 Å². The number of carbonyl (C=O) groups excluding carboxylic acids is 3. The number of morpholine rings is 1. The first-order chi connectivity index (χ1) is 21.3. The zero-order valence-electron chi connectivity index (χ0n) is 24.7. The average Bonchev–Trinajstić information content (AvgIpc) is 3.04. The van der Waals surface area contributed by atoms with Crippen molar-refractivity contribution < 1.29 is 38.5 Å². The van der Waals surface area contributed by atoms with Crippen molar-refractivity contribution in [2.24, 2.45) is 0 Å². The van der Waals surface area contributed by atoms with Crippen LogP contribution in [0.2, 0.25) is 0 Å². The number of esters is 1. The number of aryl methyl sites for hydroxylation is 1. The molecule has 0 bridgehead atoms. The minimum atomic E-state index is -1.09. The lowest BCUT2D eigenvalue weighted by atomic mass is 9.84. The normalized spacial score (nSPS) is 16.9. The number of methoxy groups -OCH3 is 2. The molecule has 3 atom stereocenters. The summed E-state index contributed by atoms with van der Waals surface area (Å²) >= 11 is 0. The highest BCUT2D eigenvalue weighted by atomic mass is 16.5. The summed E-state index contributed by atoms with van der Waals surface area (Å²) in [6.45, 7) is 0.231. The third-order valence-corrected chi connectivity index (χ3v) is 7.53. The van der Waals surface area contributed by atoms with E-state index in [2.05, 4.69) is 10.6 Å². The van der Waals surface area contributed by atoms with Crippen LogP contribution in [0.5, 0.6) is 0 Å². The van der Waals surface area contributed by atoms with E-state index in [9.17, 15) is 24.3 Å². The van der Waals surface area contributed by atoms with Gasteiger partial charge >= 0.3 is 18.2 Å². The van der Waals surface area contributed by atoms with E-state index < -0.39 is 48.2 Å². The molecule has 1 heterocycles. The van der Waals surface area contributed by atoms with Crippen molar-refractivity contribution in [2.45, 2.75) is 43.4 Å². The smallest absolute Gasteiger partial charge is 0.407 e. The van der Waals surface area contributed by atoms with E-state index in [-0.39, 0.29) is 19.5 Å². The molecule has 0 radical (unpaired) electrons. The van der Waals surface area contributed by atoms with E-state index in [0.717, 1.165) is 16.7 Å². The van der Waals surface area contributed by atoms with Crippen LogP contribution < -0.4 is 10.6 Å². The van der Waals surface area contributed by atoms with Crippen molar-refractivity contribution in [1.82, 2.24) is 10.2 Å². The SMILES string of the molecule is COC(=O)C[C@@H]1CN(C(=O)O)C[C@@H](CCc2ccccc2NC(=O)[C@@H](NC(=O)OC)C(c2ccccc2)c2ccccc2)O1. The highest BCUT2D eigenvalue weighted by Gasteiger charge is 2.34. The first kappa shape index (κ1) is 32.0. The van der Waals surface area contributed by atoms with Gasteiger partial charge in [0.25, 0.3) is 0 Å². The maximum Gasteiger partial charge on any atom is 0.407 e. The number of nitrogens with zero attached hydrogens (tertiary/aromatic N) is 1. The Morgan fingerprint density at radius 1 is 0.864 bits per heavy atom. The van der Waals surface area contributed by atoms with Gasteiger partial charge in [-0.15, -0.1) is 0 Å². The number of carboxylic acid groups (broad SMARTS) is 1. The van der Waals surface area contributed by atoms with Gasteiger partial charge in [-0.25, -0.2) is 9.59 Å². The number of anilines is 1. The van der Waals surface area contributed by atoms with Crippen LogP contribution in [0.25, 0.3) is 0 Å². The maximum atomic E-state index is 14.0. The predicted octanol–water partition coefficient (Wildman–Crippen LogP) is 4.42. The monoisotopic (exact) mass is 603 g/mol. The Hall–Kier alpha value is -4.90. The summed E-state index contributed by atoms with van der Waals surface area (Å²) in [5.74, 6) is -1.44. The zero-order valence-corrected chi connectivity index (χ0v) is 24.7. The van der Waals surface area contributed by atoms with Crippen LogP contribution in [0.3, 0.4) is 0 Å². The molecule has 3 aromatic rings. The van der Waals surface area contributed by atoms with Crippen molar-refractivity contribution in [1.29, 1.82) is 0 Å². The van der Waals surface area contributed by atoms with E-state index in [1.165, 1.54) is 19.1 Å². The summed E-state index contributed by atoms with van der Waals surface area (Å²) in [4.78, 5) is 51.3. The summed E-state index contributed by atoms with van der Waals surface area (Å²) in [5.41, 5.74) is 3.02. The van der Waals surface area contributed by atoms with Gasteiger partial charge in [0, 0.05) is 11.6 Å². The number of nitrogens with one attached hydrogen (secondary N) is 2. The molecule has 0 aliphatic carbocycles. The van der Waals surface area contributed by atoms with Crippen molar-refractivity contribution >= 4 is 29.8 Å². The standard InChI is InChI=1S/C33H37N3O8/c1-42-28(37)19-26-21-36(33(40)41)20-25(44-26)18-17-22-11-9-10-16-27(22)34-31(38)30(35-32(39)43-2)29(23-12-5-3-6-13-23)24-14-7-4-8-15-24/h3-16,25-26,29-30H,17-21H2,1-2H3,(H,34,38)(H,35,39)(H,40,41)/t25-,26-,30+/m1/s1. The molecule has 232 valence electrons. The van der Waals surface area contributed by atoms with E-state index in [0.29, 0.717) is 18.5 Å². The Morgan fingerprint density at radius 3 is 2.05 bits per heavy atom. The molecule has 44 heavy (non-hydrogen) atoms. The number of hydrogen-bond acceptors (Lipinski definition) is 7. The number of hydrogen-bond donors (Lipinski definition) is 3. The molecule has 1 aliphatic rings. The predicted molar refractivity (Wildman–Crippen MR) is 162 cm³/mol. The summed E-state index contributed by atoms with van der Waals surface area (Å²) in [5, 5.41) is 15.3. The van der Waals surface area contributed by atoms with Gasteiger partial charge in [-0.2, -0.15) is 0 Å². The van der Waals surface area contributed by atoms with Crippen LogP contribution in [0.1, 0.15) is 35.4 Å². The lowest BCUT2D eigenvalue weighted by Crippen LogP contribution is -2.50. The summed E-state index contributed by atoms with van der Waals surface area (Å²) in [6.07, 6.45) is -2.07. The molecule has 1 aliphatic heterocycles. The molecular weight excluding hydrogens is 566 g/mol. The number of rotatable bonds is 11. The fourth-order valence-electron chi connectivity index (χ4n) is 5.39. The zero-order chi connectivity index (χ0) is 31.5. The fourth-order valence-corrected chi connectivity index (χ4v) is 5.39. The van der Waals surface area contributed by atoms with Crippen molar-refractivity contribution in [3.8, 4) is 0 Å². The lowest BCUT2D eigenvalue weighted by Gasteiger charge is -2.36. The molecule has 1 fully saturated rings. The lowest BCUT2D eigenvalue weighted by molar-refractivity contribution is -0.148. The van der Waals surface area contributed by atoms with Crippen LogP contribution >= 0.6 is 0 Å². The number of ether oxygens (including phenoxy) is 3. The largest absolute Gasteiger partial charge is 0.469 e. The second-order valence-corrected chi connectivity index (χ2v) is 10.4. The van der Waals surface area contributed by atoms with Crippen LogP contribution in [-0.4, -0.2) is 79.6 Å². The molecule has 0 spiro atoms. The van der Waals surface area contributed by atoms with Gasteiger partial charge in [-0.05, 0) is 35.6 Å². The Morgan fingerprint density at radius 2 is 1.45 bits per heavy atom. The third-order valence-electron chi connectivity index (χ3n) is 7.53. The molecular formula is C33H37N3O8. The Balaban J connectivity index is 1.55. The fraction of sp³-hybridized carbons (Fsp3) is 0.333. The minimum absolute atomic E-state index is 0.0536. The van der Waals surface area contributed by atoms with Crippen LogP contribution in [0.15, 0.2) is 84.9 Å². The van der Waals surface area contributed by atoms with E-state index in [1.54, 1.807) is 12.1 Å². The molecule has 11 heteroatoms. The van der Waals surface area contributed by atoms with Crippen LogP contribution in [0, 0.1) is 0 Å². The molecule has 0 unspecified atom stereocenters. The molecule has 4 rings (SSSR count). The van der Waals surface area contributed by atoms with Crippen molar-refractivity contribution in [3.05, 3.63) is 102 Å². The van der Waals surface area contributed by atoms with Gasteiger partial charge < -0.3 is 34.9 Å². The number of alkyl carbamates (subject to hydrolysis) is 1. The van der Waals surface area contributed by atoms with Gasteiger partial charge in [0.2, 0.25) is 5.91 Å². The molecule has 0 saturated carbocycles. The molecule has 11 nitrogen and oxygen atoms in total. The second kappa shape index (κ2) is 15.5. The van der Waals surface area contributed by atoms with Crippen LogP contribution in [0.4, 0.5) is 15.3 Å². The van der Waals surface area contributed by atoms with Gasteiger partial charge in [0.15, 0.2) is 0 Å². The third kappa shape index (κ3) is 8.57. The minimum Gasteiger partial charge on any atom is -0.469 e. The first-order valence-electron chi connectivity index (χ1n) is 14.3. The molecule has 3 N–H and O–H groups in total. The van der Waals surface area contributed by atoms with Gasteiger partial charge in [0.05, 0.1) is 45.9 Å². The quantitative estimate of drug-likeness (QED) is 0.273. The molecule has 3 aromatic carbocycles.